The highest BCUT2D eigenvalue weighted by Gasteiger charge is 2.37. The number of ether oxygens (including phenoxy) is 2. The third-order valence-electron chi connectivity index (χ3n) is 6.06. The van der Waals surface area contributed by atoms with Crippen LogP contribution in [0.2, 0.25) is 0 Å². The van der Waals surface area contributed by atoms with Crippen LogP contribution in [0.15, 0.2) is 36.2 Å². The summed E-state index contributed by atoms with van der Waals surface area (Å²) in [7, 11) is 1.70. The maximum absolute atomic E-state index is 13.2. The van der Waals surface area contributed by atoms with Gasteiger partial charge in [-0.3, -0.25) is 4.79 Å². The van der Waals surface area contributed by atoms with Gasteiger partial charge in [-0.2, -0.15) is 0 Å². The molecule has 3 aliphatic rings. The highest BCUT2D eigenvalue weighted by Crippen LogP contribution is 2.33. The van der Waals surface area contributed by atoms with E-state index in [1.807, 2.05) is 11.0 Å². The normalized spacial score (nSPS) is 21.6. The Morgan fingerprint density at radius 1 is 1.43 bits per heavy atom. The molecular weight excluding hydrogens is 378 g/mol. The summed E-state index contributed by atoms with van der Waals surface area (Å²) in [6, 6.07) is 10.6. The van der Waals surface area contributed by atoms with Crippen LogP contribution in [0.25, 0.3) is 16.6 Å². The summed E-state index contributed by atoms with van der Waals surface area (Å²) in [6.07, 6.45) is 9.99. The Labute approximate surface area is 177 Å². The number of rotatable bonds is 6. The first kappa shape index (κ1) is 19.2. The highest BCUT2D eigenvalue weighted by molar-refractivity contribution is 5.87. The van der Waals surface area contributed by atoms with E-state index in [-0.39, 0.29) is 5.91 Å². The number of morpholine rings is 1. The van der Waals surface area contributed by atoms with Gasteiger partial charge < -0.3 is 24.3 Å². The zero-order valence-electron chi connectivity index (χ0n) is 17.3. The van der Waals surface area contributed by atoms with E-state index in [2.05, 4.69) is 46.4 Å². The zero-order chi connectivity index (χ0) is 20.5. The predicted molar refractivity (Wildman–Crippen MR) is 114 cm³/mol. The molecule has 30 heavy (non-hydrogen) atoms. The second-order valence-electron chi connectivity index (χ2n) is 8.13. The monoisotopic (exact) mass is 405 g/mol. The average molecular weight is 405 g/mol. The van der Waals surface area contributed by atoms with Gasteiger partial charge in [0.1, 0.15) is 11.9 Å². The largest absolute Gasteiger partial charge is 0.497 e. The fraction of sp³-hybridized carbons (Fsp3) is 0.458. The molecule has 0 bridgehead atoms. The van der Waals surface area contributed by atoms with Gasteiger partial charge in [-0.15, -0.1) is 0 Å². The lowest BCUT2D eigenvalue weighted by molar-refractivity contribution is -0.146. The minimum absolute atomic E-state index is 0.0898. The van der Waals surface area contributed by atoms with Crippen LogP contribution in [-0.2, 0) is 20.8 Å². The van der Waals surface area contributed by atoms with Crippen LogP contribution in [-0.4, -0.2) is 54.3 Å². The van der Waals surface area contributed by atoms with Crippen LogP contribution < -0.4 is 5.32 Å². The molecule has 1 N–H and O–H groups in total. The smallest absolute Gasteiger partial charge is 0.253 e. The first-order valence-corrected chi connectivity index (χ1v) is 10.7. The van der Waals surface area contributed by atoms with Crippen LogP contribution in [0.5, 0.6) is 0 Å². The summed E-state index contributed by atoms with van der Waals surface area (Å²) in [5.74, 6) is 0.981. The summed E-state index contributed by atoms with van der Waals surface area (Å²) in [5.41, 5.74) is 3.38. The maximum Gasteiger partial charge on any atom is 0.253 e. The predicted octanol–water partition coefficient (Wildman–Crippen LogP) is 2.89. The fourth-order valence-corrected chi connectivity index (χ4v) is 4.33. The van der Waals surface area contributed by atoms with Crippen molar-refractivity contribution in [3.63, 3.8) is 0 Å². The maximum atomic E-state index is 13.2. The van der Waals surface area contributed by atoms with Crippen molar-refractivity contribution in [2.75, 3.05) is 26.8 Å². The molecular formula is C24H27N3O3. The van der Waals surface area contributed by atoms with E-state index in [9.17, 15) is 4.79 Å². The lowest BCUT2D eigenvalue weighted by Crippen LogP contribution is -2.49. The van der Waals surface area contributed by atoms with E-state index < -0.39 is 6.10 Å². The summed E-state index contributed by atoms with van der Waals surface area (Å²) in [5, 5.41) is 4.29. The van der Waals surface area contributed by atoms with Crippen molar-refractivity contribution in [3.05, 3.63) is 53.9 Å². The standard InChI is InChI=1S/C24H27N3O3/c1-29-20-6-4-5-19(13-20)26-15-17(21-7-2-3-8-22(21)26)16-27(18-9-10-18)24(28)23-14-25-11-12-30-23/h3,6,8,13,15,18,23,25H,4-5,9-12,14,16H2,1H3. The van der Waals surface area contributed by atoms with Gasteiger partial charge in [0.15, 0.2) is 0 Å². The van der Waals surface area contributed by atoms with Crippen molar-refractivity contribution in [2.24, 2.45) is 0 Å². The Balaban J connectivity index is 1.47. The molecule has 0 radical (unpaired) electrons. The molecule has 1 saturated heterocycles. The Morgan fingerprint density at radius 2 is 2.33 bits per heavy atom. The number of allylic oxidation sites excluding steroid dienone is 3. The van der Waals surface area contributed by atoms with Gasteiger partial charge in [-0.1, -0.05) is 12.1 Å². The summed E-state index contributed by atoms with van der Waals surface area (Å²) < 4.78 is 13.4. The molecule has 1 amide bonds. The molecule has 1 aromatic heterocycles. The molecule has 1 saturated carbocycles. The van der Waals surface area contributed by atoms with Gasteiger partial charge in [-0.25, -0.2) is 0 Å². The van der Waals surface area contributed by atoms with Crippen molar-refractivity contribution >= 4 is 22.5 Å². The van der Waals surface area contributed by atoms with Crippen molar-refractivity contribution in [3.8, 4) is 0 Å². The summed E-state index contributed by atoms with van der Waals surface area (Å²) >= 11 is 0. The molecule has 6 nitrogen and oxygen atoms in total. The van der Waals surface area contributed by atoms with Gasteiger partial charge >= 0.3 is 0 Å². The van der Waals surface area contributed by atoms with Crippen LogP contribution in [0, 0.1) is 12.1 Å². The molecule has 1 unspecified atom stereocenters. The average Bonchev–Trinajstić information content (AvgIpc) is 3.59. The Kier molecular flexibility index (Phi) is 5.24. The van der Waals surface area contributed by atoms with Crippen molar-refractivity contribution in [1.29, 1.82) is 0 Å². The number of hydrogen-bond acceptors (Lipinski definition) is 4. The molecule has 1 atom stereocenters. The van der Waals surface area contributed by atoms with Gasteiger partial charge in [0.2, 0.25) is 0 Å². The third kappa shape index (κ3) is 3.71. The zero-order valence-corrected chi connectivity index (χ0v) is 17.3. The Morgan fingerprint density at radius 3 is 3.10 bits per heavy atom. The lowest BCUT2D eigenvalue weighted by atomic mass is 10.1. The molecule has 2 aromatic rings. The quantitative estimate of drug-likeness (QED) is 0.803. The molecule has 0 spiro atoms. The van der Waals surface area contributed by atoms with E-state index in [1.165, 1.54) is 5.70 Å². The number of carbonyl (C=O) groups excluding carboxylic acids is 1. The Bertz CT molecular complexity index is 996. The van der Waals surface area contributed by atoms with Crippen LogP contribution in [0.3, 0.4) is 0 Å². The summed E-state index contributed by atoms with van der Waals surface area (Å²) in [4.78, 5) is 15.2. The van der Waals surface area contributed by atoms with Crippen molar-refractivity contribution in [1.82, 2.24) is 14.8 Å². The minimum Gasteiger partial charge on any atom is -0.497 e. The molecule has 2 fully saturated rings. The molecule has 2 heterocycles. The first-order valence-electron chi connectivity index (χ1n) is 10.7. The van der Waals surface area contributed by atoms with Crippen LogP contribution in [0.1, 0.15) is 31.2 Å². The molecule has 5 rings (SSSR count). The topological polar surface area (TPSA) is 55.7 Å². The van der Waals surface area contributed by atoms with Crippen LogP contribution in [0.4, 0.5) is 0 Å². The summed E-state index contributed by atoms with van der Waals surface area (Å²) in [6.45, 7) is 2.54. The van der Waals surface area contributed by atoms with E-state index in [1.54, 1.807) is 7.11 Å². The van der Waals surface area contributed by atoms with Crippen molar-refractivity contribution in [2.45, 2.75) is 44.4 Å². The number of nitrogens with one attached hydrogen (secondary N) is 1. The number of methoxy groups -OCH3 is 1. The molecule has 156 valence electrons. The number of amides is 1. The second-order valence-corrected chi connectivity index (χ2v) is 8.13. The number of fused-ring (bicyclic) bond motifs is 1. The number of hydrogen-bond donors (Lipinski definition) is 1. The second kappa shape index (κ2) is 8.17. The van der Waals surface area contributed by atoms with Gasteiger partial charge in [-0.05, 0) is 50.0 Å². The van der Waals surface area contributed by atoms with Crippen LogP contribution >= 0.6 is 0 Å². The van der Waals surface area contributed by atoms with E-state index in [4.69, 9.17) is 9.47 Å². The van der Waals surface area contributed by atoms with Gasteiger partial charge in [0.05, 0.1) is 24.6 Å². The number of carbonyl (C=O) groups is 1. The Hall–Kier alpha value is -2.75. The molecule has 2 aliphatic carbocycles. The van der Waals surface area contributed by atoms with E-state index in [0.717, 1.165) is 54.5 Å². The molecule has 1 aliphatic heterocycles. The highest BCUT2D eigenvalue weighted by atomic mass is 16.5. The number of aromatic nitrogens is 1. The molecule has 6 heteroatoms. The minimum atomic E-state index is -0.390. The van der Waals surface area contributed by atoms with E-state index in [0.29, 0.717) is 25.7 Å². The third-order valence-corrected chi connectivity index (χ3v) is 6.06. The SMILES string of the molecule is COC1=CCCC(n2cc(CN(C(=O)C3CNCCO3)C3CC3)c3c#cccc32)=C1. The fourth-order valence-electron chi connectivity index (χ4n) is 4.33. The van der Waals surface area contributed by atoms with Crippen molar-refractivity contribution < 1.29 is 14.3 Å². The lowest BCUT2D eigenvalue weighted by Gasteiger charge is -2.29. The molecule has 1 aromatic carbocycles. The van der Waals surface area contributed by atoms with Gasteiger partial charge in [0, 0.05) is 43.1 Å². The first-order chi connectivity index (χ1) is 14.7. The number of nitrogens with zero attached hydrogens (tertiary/aromatic N) is 2. The van der Waals surface area contributed by atoms with E-state index >= 15 is 0 Å². The van der Waals surface area contributed by atoms with Gasteiger partial charge in [0.25, 0.3) is 5.91 Å².